The molecule has 1 unspecified atom stereocenters. The number of Topliss-reactive ketones (excluding diaryl/α,β-unsaturated/α-hetero) is 1. The van der Waals surface area contributed by atoms with Gasteiger partial charge in [0, 0.05) is 23.7 Å². The van der Waals surface area contributed by atoms with Crippen molar-refractivity contribution in [1.29, 1.82) is 0 Å². The fourth-order valence-electron chi connectivity index (χ4n) is 2.15. The van der Waals surface area contributed by atoms with Gasteiger partial charge in [0.1, 0.15) is 0 Å². The maximum Gasteiger partial charge on any atom is 0.167 e. The molecule has 2 rings (SSSR count). The molecular formula is C12H15NO. The van der Waals surface area contributed by atoms with E-state index in [0.717, 1.165) is 16.8 Å². The summed E-state index contributed by atoms with van der Waals surface area (Å²) >= 11 is 0. The van der Waals surface area contributed by atoms with Gasteiger partial charge in [-0.2, -0.15) is 0 Å². The molecule has 0 amide bonds. The van der Waals surface area contributed by atoms with Gasteiger partial charge in [0.05, 0.1) is 0 Å². The van der Waals surface area contributed by atoms with Crippen LogP contribution in [0.2, 0.25) is 0 Å². The van der Waals surface area contributed by atoms with Gasteiger partial charge in [-0.1, -0.05) is 6.07 Å². The zero-order valence-electron chi connectivity index (χ0n) is 8.85. The highest BCUT2D eigenvalue weighted by Gasteiger charge is 2.23. The first-order chi connectivity index (χ1) is 6.58. The Labute approximate surface area is 84.3 Å². The summed E-state index contributed by atoms with van der Waals surface area (Å²) in [5.74, 6) is 0.267. The van der Waals surface area contributed by atoms with Crippen molar-refractivity contribution in [3.63, 3.8) is 0 Å². The number of anilines is 1. The van der Waals surface area contributed by atoms with Crippen molar-refractivity contribution in [3.8, 4) is 0 Å². The van der Waals surface area contributed by atoms with E-state index in [1.807, 2.05) is 13.8 Å². The van der Waals surface area contributed by atoms with E-state index in [9.17, 15) is 4.79 Å². The van der Waals surface area contributed by atoms with Crippen molar-refractivity contribution in [2.24, 2.45) is 0 Å². The Bertz CT molecular complexity index is 396. The highest BCUT2D eigenvalue weighted by atomic mass is 16.1. The molecule has 0 aliphatic carbocycles. The van der Waals surface area contributed by atoms with Crippen LogP contribution in [0.5, 0.6) is 0 Å². The molecule has 0 saturated carbocycles. The van der Waals surface area contributed by atoms with Crippen LogP contribution in [0.4, 0.5) is 5.69 Å². The number of carbonyl (C=O) groups is 1. The predicted molar refractivity (Wildman–Crippen MR) is 57.9 cm³/mol. The minimum Gasteiger partial charge on any atom is -0.382 e. The average molecular weight is 189 g/mol. The lowest BCUT2D eigenvalue weighted by molar-refractivity contribution is 0.0974. The Morgan fingerprint density at radius 2 is 2.07 bits per heavy atom. The van der Waals surface area contributed by atoms with Crippen molar-refractivity contribution in [3.05, 3.63) is 28.8 Å². The van der Waals surface area contributed by atoms with Gasteiger partial charge in [-0.3, -0.25) is 4.79 Å². The zero-order chi connectivity index (χ0) is 10.3. The van der Waals surface area contributed by atoms with E-state index in [4.69, 9.17) is 0 Å². The van der Waals surface area contributed by atoms with Crippen LogP contribution in [0.15, 0.2) is 12.1 Å². The zero-order valence-corrected chi connectivity index (χ0v) is 8.85. The minimum atomic E-state index is 0.260. The van der Waals surface area contributed by atoms with Crippen LogP contribution >= 0.6 is 0 Å². The molecule has 74 valence electrons. The first kappa shape index (κ1) is 9.25. The number of fused-ring (bicyclic) bond motifs is 1. The molecule has 0 spiro atoms. The number of aryl methyl sites for hydroxylation is 2. The van der Waals surface area contributed by atoms with Crippen molar-refractivity contribution in [2.75, 3.05) is 5.32 Å². The van der Waals surface area contributed by atoms with Crippen molar-refractivity contribution < 1.29 is 4.79 Å². The molecule has 2 nitrogen and oxygen atoms in total. The number of hydrogen-bond donors (Lipinski definition) is 1. The van der Waals surface area contributed by atoms with Gasteiger partial charge in [-0.25, -0.2) is 0 Å². The van der Waals surface area contributed by atoms with E-state index in [2.05, 4.69) is 24.4 Å². The van der Waals surface area contributed by atoms with E-state index < -0.39 is 0 Å². The van der Waals surface area contributed by atoms with Gasteiger partial charge in [-0.05, 0) is 38.0 Å². The molecule has 1 atom stereocenters. The van der Waals surface area contributed by atoms with Crippen LogP contribution in [0.25, 0.3) is 0 Å². The molecule has 0 bridgehead atoms. The summed E-state index contributed by atoms with van der Waals surface area (Å²) in [5, 5.41) is 3.35. The summed E-state index contributed by atoms with van der Waals surface area (Å²) in [6.07, 6.45) is 0.608. The molecule has 1 aliphatic rings. The number of ketones is 1. The topological polar surface area (TPSA) is 29.1 Å². The monoisotopic (exact) mass is 189 g/mol. The quantitative estimate of drug-likeness (QED) is 0.679. The predicted octanol–water partition coefficient (Wildman–Crippen LogP) is 2.69. The Hall–Kier alpha value is -1.31. The van der Waals surface area contributed by atoms with Gasteiger partial charge in [-0.15, -0.1) is 0 Å². The van der Waals surface area contributed by atoms with E-state index in [1.54, 1.807) is 0 Å². The number of hydrogen-bond acceptors (Lipinski definition) is 2. The molecule has 1 heterocycles. The number of benzene rings is 1. The third-order valence-electron chi connectivity index (χ3n) is 2.65. The smallest absolute Gasteiger partial charge is 0.167 e. The van der Waals surface area contributed by atoms with Gasteiger partial charge >= 0.3 is 0 Å². The lowest BCUT2D eigenvalue weighted by atomic mass is 9.92. The van der Waals surface area contributed by atoms with Crippen molar-refractivity contribution >= 4 is 11.5 Å². The SMILES string of the molecule is Cc1cc(C)c2c(c1)NC(C)CC2=O. The fourth-order valence-corrected chi connectivity index (χ4v) is 2.15. The Morgan fingerprint density at radius 3 is 2.79 bits per heavy atom. The lowest BCUT2D eigenvalue weighted by Gasteiger charge is -2.24. The van der Waals surface area contributed by atoms with E-state index in [0.29, 0.717) is 6.42 Å². The summed E-state index contributed by atoms with van der Waals surface area (Å²) in [6.45, 7) is 6.10. The Morgan fingerprint density at radius 1 is 1.36 bits per heavy atom. The molecule has 1 aromatic carbocycles. The summed E-state index contributed by atoms with van der Waals surface area (Å²) in [6, 6.07) is 4.38. The normalized spacial score (nSPS) is 20.2. The molecule has 1 aliphatic heterocycles. The van der Waals surface area contributed by atoms with Crippen molar-refractivity contribution in [2.45, 2.75) is 33.2 Å². The number of rotatable bonds is 0. The molecule has 1 aromatic rings. The minimum absolute atomic E-state index is 0.260. The Kier molecular flexibility index (Phi) is 2.06. The van der Waals surface area contributed by atoms with Crippen LogP contribution < -0.4 is 5.32 Å². The van der Waals surface area contributed by atoms with Crippen LogP contribution in [-0.2, 0) is 0 Å². The van der Waals surface area contributed by atoms with Gasteiger partial charge in [0.15, 0.2) is 5.78 Å². The van der Waals surface area contributed by atoms with Crippen LogP contribution in [-0.4, -0.2) is 11.8 Å². The second kappa shape index (κ2) is 3.12. The third kappa shape index (κ3) is 1.41. The molecule has 0 saturated heterocycles. The maximum absolute atomic E-state index is 11.8. The highest BCUT2D eigenvalue weighted by Crippen LogP contribution is 2.28. The first-order valence-electron chi connectivity index (χ1n) is 4.99. The lowest BCUT2D eigenvalue weighted by Crippen LogP contribution is -2.27. The standard InChI is InChI=1S/C12H15NO/c1-7-4-8(2)12-10(5-7)13-9(3)6-11(12)14/h4-5,9,13H,6H2,1-3H3. The van der Waals surface area contributed by atoms with E-state index in [1.165, 1.54) is 5.56 Å². The number of carbonyl (C=O) groups excluding carboxylic acids is 1. The van der Waals surface area contributed by atoms with Crippen LogP contribution in [0.3, 0.4) is 0 Å². The van der Waals surface area contributed by atoms with Gasteiger partial charge < -0.3 is 5.32 Å². The summed E-state index contributed by atoms with van der Waals surface area (Å²) in [5.41, 5.74) is 4.18. The van der Waals surface area contributed by atoms with Gasteiger partial charge in [0.25, 0.3) is 0 Å². The summed E-state index contributed by atoms with van der Waals surface area (Å²) in [7, 11) is 0. The van der Waals surface area contributed by atoms with E-state index >= 15 is 0 Å². The molecular weight excluding hydrogens is 174 g/mol. The number of nitrogens with one attached hydrogen (secondary N) is 1. The fraction of sp³-hybridized carbons (Fsp3) is 0.417. The van der Waals surface area contributed by atoms with Crippen molar-refractivity contribution in [1.82, 2.24) is 0 Å². The first-order valence-corrected chi connectivity index (χ1v) is 4.99. The van der Waals surface area contributed by atoms with Crippen LogP contribution in [0, 0.1) is 13.8 Å². The molecule has 0 fully saturated rings. The molecule has 0 aromatic heterocycles. The molecule has 1 N–H and O–H groups in total. The average Bonchev–Trinajstić information content (AvgIpc) is 1.99. The second-order valence-electron chi connectivity index (χ2n) is 4.18. The highest BCUT2D eigenvalue weighted by molar-refractivity contribution is 6.04. The van der Waals surface area contributed by atoms with E-state index in [-0.39, 0.29) is 11.8 Å². The van der Waals surface area contributed by atoms with Crippen LogP contribution in [0.1, 0.15) is 34.8 Å². The molecule has 2 heteroatoms. The summed E-state index contributed by atoms with van der Waals surface area (Å²) in [4.78, 5) is 11.8. The van der Waals surface area contributed by atoms with Gasteiger partial charge in [0.2, 0.25) is 0 Å². The largest absolute Gasteiger partial charge is 0.382 e. The third-order valence-corrected chi connectivity index (χ3v) is 2.65. The second-order valence-corrected chi connectivity index (χ2v) is 4.18. The molecule has 0 radical (unpaired) electrons. The summed E-state index contributed by atoms with van der Waals surface area (Å²) < 4.78 is 0. The molecule has 14 heavy (non-hydrogen) atoms. The maximum atomic E-state index is 11.8. The Balaban J connectivity index is 2.59.